The highest BCUT2D eigenvalue weighted by Crippen LogP contribution is 2.37. The second kappa shape index (κ2) is 5.20. The molecule has 1 aliphatic rings. The monoisotopic (exact) mass is 204 g/mol. The van der Waals surface area contributed by atoms with E-state index >= 15 is 0 Å². The largest absolute Gasteiger partial charge is 0.494 e. The van der Waals surface area contributed by atoms with E-state index in [0.717, 1.165) is 18.3 Å². The first kappa shape index (κ1) is 10.5. The number of hydrogen-bond donors (Lipinski definition) is 0. The minimum Gasteiger partial charge on any atom is -0.494 e. The molecule has 0 amide bonds. The van der Waals surface area contributed by atoms with Crippen LogP contribution in [0.5, 0.6) is 5.75 Å². The Bertz CT molecular complexity index is 300. The van der Waals surface area contributed by atoms with Gasteiger partial charge < -0.3 is 4.74 Å². The maximum absolute atomic E-state index is 5.69. The van der Waals surface area contributed by atoms with Crippen molar-refractivity contribution in [3.8, 4) is 5.75 Å². The van der Waals surface area contributed by atoms with Crippen LogP contribution in [0.3, 0.4) is 0 Å². The van der Waals surface area contributed by atoms with Crippen LogP contribution in [0, 0.1) is 0 Å². The molecule has 0 aromatic heterocycles. The Morgan fingerprint density at radius 3 is 2.60 bits per heavy atom. The zero-order valence-corrected chi connectivity index (χ0v) is 9.54. The van der Waals surface area contributed by atoms with Gasteiger partial charge in [-0.1, -0.05) is 37.5 Å². The number of hydrogen-bond acceptors (Lipinski definition) is 1. The van der Waals surface area contributed by atoms with Crippen molar-refractivity contribution in [3.63, 3.8) is 0 Å². The number of para-hydroxylation sites is 1. The topological polar surface area (TPSA) is 9.23 Å². The summed E-state index contributed by atoms with van der Waals surface area (Å²) < 4.78 is 5.69. The molecule has 1 aromatic rings. The molecule has 0 heterocycles. The summed E-state index contributed by atoms with van der Waals surface area (Å²) in [5.41, 5.74) is 1.43. The summed E-state index contributed by atoms with van der Waals surface area (Å²) in [6.45, 7) is 2.82. The molecule has 0 spiro atoms. The van der Waals surface area contributed by atoms with Crippen LogP contribution in [0.15, 0.2) is 24.3 Å². The van der Waals surface area contributed by atoms with Gasteiger partial charge in [0.05, 0.1) is 6.61 Å². The molecule has 15 heavy (non-hydrogen) atoms. The fourth-order valence-corrected chi connectivity index (χ4v) is 2.52. The summed E-state index contributed by atoms with van der Waals surface area (Å²) in [6, 6.07) is 8.54. The molecule has 0 aliphatic heterocycles. The van der Waals surface area contributed by atoms with E-state index in [2.05, 4.69) is 31.2 Å². The van der Waals surface area contributed by atoms with Crippen LogP contribution in [0.25, 0.3) is 0 Å². The van der Waals surface area contributed by atoms with Crippen LogP contribution >= 0.6 is 0 Å². The highest BCUT2D eigenvalue weighted by Gasteiger charge is 2.18. The Hall–Kier alpha value is -0.980. The van der Waals surface area contributed by atoms with E-state index in [0.29, 0.717) is 0 Å². The highest BCUT2D eigenvalue weighted by atomic mass is 16.5. The van der Waals surface area contributed by atoms with E-state index in [1.54, 1.807) is 0 Å². The van der Waals surface area contributed by atoms with Gasteiger partial charge in [-0.15, -0.1) is 0 Å². The van der Waals surface area contributed by atoms with Gasteiger partial charge >= 0.3 is 0 Å². The van der Waals surface area contributed by atoms with Crippen LogP contribution in [-0.2, 0) is 0 Å². The normalized spacial score (nSPS) is 17.7. The van der Waals surface area contributed by atoms with Gasteiger partial charge in [-0.3, -0.25) is 0 Å². The van der Waals surface area contributed by atoms with Gasteiger partial charge in [0.15, 0.2) is 0 Å². The van der Waals surface area contributed by atoms with Crippen molar-refractivity contribution < 1.29 is 4.74 Å². The van der Waals surface area contributed by atoms with Crippen molar-refractivity contribution in [1.82, 2.24) is 0 Å². The van der Waals surface area contributed by atoms with E-state index in [1.165, 1.54) is 37.7 Å². The van der Waals surface area contributed by atoms with Crippen LogP contribution in [-0.4, -0.2) is 6.61 Å². The lowest BCUT2D eigenvalue weighted by Crippen LogP contribution is -2.06. The lowest BCUT2D eigenvalue weighted by molar-refractivity contribution is 0.328. The predicted molar refractivity (Wildman–Crippen MR) is 63.4 cm³/mol. The van der Waals surface area contributed by atoms with E-state index in [-0.39, 0.29) is 0 Å². The quantitative estimate of drug-likeness (QED) is 0.719. The predicted octanol–water partition coefficient (Wildman–Crippen LogP) is 4.13. The molecule has 0 atom stereocenters. The summed E-state index contributed by atoms with van der Waals surface area (Å²) >= 11 is 0. The van der Waals surface area contributed by atoms with Crippen molar-refractivity contribution in [1.29, 1.82) is 0 Å². The van der Waals surface area contributed by atoms with Crippen molar-refractivity contribution in [2.75, 3.05) is 6.61 Å². The standard InChI is InChI=1S/C14H20O/c1-2-15-14-11-7-6-10-13(14)12-8-4-3-5-9-12/h6-7,10-12H,2-5,8-9H2,1H3. The van der Waals surface area contributed by atoms with Crippen molar-refractivity contribution >= 4 is 0 Å². The molecule has 1 aliphatic carbocycles. The lowest BCUT2D eigenvalue weighted by atomic mass is 9.84. The van der Waals surface area contributed by atoms with Crippen LogP contribution in [0.2, 0.25) is 0 Å². The Morgan fingerprint density at radius 1 is 1.13 bits per heavy atom. The van der Waals surface area contributed by atoms with Gasteiger partial charge in [0.25, 0.3) is 0 Å². The molecule has 0 unspecified atom stereocenters. The van der Waals surface area contributed by atoms with E-state index in [9.17, 15) is 0 Å². The second-order valence-electron chi connectivity index (χ2n) is 4.31. The maximum atomic E-state index is 5.69. The first-order valence-corrected chi connectivity index (χ1v) is 6.13. The Labute approximate surface area is 92.5 Å². The molecule has 1 heteroatoms. The van der Waals surface area contributed by atoms with Gasteiger partial charge in [0.1, 0.15) is 5.75 Å². The third-order valence-electron chi connectivity index (χ3n) is 3.26. The number of rotatable bonds is 3. The molecule has 1 saturated carbocycles. The highest BCUT2D eigenvalue weighted by molar-refractivity contribution is 5.36. The fourth-order valence-electron chi connectivity index (χ4n) is 2.52. The zero-order chi connectivity index (χ0) is 10.5. The van der Waals surface area contributed by atoms with E-state index in [4.69, 9.17) is 4.74 Å². The molecule has 1 nitrogen and oxygen atoms in total. The molecule has 0 N–H and O–H groups in total. The summed E-state index contributed by atoms with van der Waals surface area (Å²) in [5, 5.41) is 0. The molecule has 0 bridgehead atoms. The summed E-state index contributed by atoms with van der Waals surface area (Å²) in [6.07, 6.45) is 6.84. The molecule has 1 aromatic carbocycles. The van der Waals surface area contributed by atoms with E-state index in [1.807, 2.05) is 0 Å². The fraction of sp³-hybridized carbons (Fsp3) is 0.571. The Balaban J connectivity index is 2.17. The average Bonchev–Trinajstić information content (AvgIpc) is 2.31. The maximum Gasteiger partial charge on any atom is 0.122 e. The zero-order valence-electron chi connectivity index (χ0n) is 9.54. The Kier molecular flexibility index (Phi) is 3.65. The minimum absolute atomic E-state index is 0.737. The van der Waals surface area contributed by atoms with Gasteiger partial charge in [0, 0.05) is 0 Å². The van der Waals surface area contributed by atoms with E-state index < -0.39 is 0 Å². The number of benzene rings is 1. The summed E-state index contributed by atoms with van der Waals surface area (Å²) in [4.78, 5) is 0. The molecule has 82 valence electrons. The van der Waals surface area contributed by atoms with Crippen LogP contribution < -0.4 is 4.74 Å². The number of ether oxygens (including phenoxy) is 1. The van der Waals surface area contributed by atoms with Crippen LogP contribution in [0.4, 0.5) is 0 Å². The van der Waals surface area contributed by atoms with Gasteiger partial charge in [-0.25, -0.2) is 0 Å². The van der Waals surface area contributed by atoms with Crippen molar-refractivity contribution in [2.24, 2.45) is 0 Å². The first-order chi connectivity index (χ1) is 7.42. The van der Waals surface area contributed by atoms with Gasteiger partial charge in [-0.05, 0) is 37.3 Å². The molecule has 0 saturated heterocycles. The molecular formula is C14H20O. The third kappa shape index (κ3) is 2.53. The average molecular weight is 204 g/mol. The van der Waals surface area contributed by atoms with Crippen LogP contribution in [0.1, 0.15) is 50.5 Å². The van der Waals surface area contributed by atoms with Gasteiger partial charge in [-0.2, -0.15) is 0 Å². The molecule has 0 radical (unpaired) electrons. The third-order valence-corrected chi connectivity index (χ3v) is 3.26. The SMILES string of the molecule is CCOc1ccccc1C1CCCCC1. The Morgan fingerprint density at radius 2 is 1.87 bits per heavy atom. The molecule has 1 fully saturated rings. The molecular weight excluding hydrogens is 184 g/mol. The first-order valence-electron chi connectivity index (χ1n) is 6.13. The lowest BCUT2D eigenvalue weighted by Gasteiger charge is -2.23. The smallest absolute Gasteiger partial charge is 0.122 e. The summed E-state index contributed by atoms with van der Waals surface area (Å²) in [7, 11) is 0. The van der Waals surface area contributed by atoms with Crippen molar-refractivity contribution in [2.45, 2.75) is 44.9 Å². The second-order valence-corrected chi connectivity index (χ2v) is 4.31. The van der Waals surface area contributed by atoms with Gasteiger partial charge in [0.2, 0.25) is 0 Å². The summed E-state index contributed by atoms with van der Waals surface area (Å²) in [5.74, 6) is 1.84. The minimum atomic E-state index is 0.737. The van der Waals surface area contributed by atoms with Crippen molar-refractivity contribution in [3.05, 3.63) is 29.8 Å². The molecule has 2 rings (SSSR count).